The van der Waals surface area contributed by atoms with Crippen LogP contribution in [0, 0.1) is 0 Å². The smallest absolute Gasteiger partial charge is 0.164 e. The lowest BCUT2D eigenvalue weighted by molar-refractivity contribution is 0.415. The summed E-state index contributed by atoms with van der Waals surface area (Å²) < 4.78 is 5.30. The highest BCUT2D eigenvalue weighted by molar-refractivity contribution is 5.87. The number of H-pyrrole nitrogens is 1. The first-order valence-electron chi connectivity index (χ1n) is 6.46. The van der Waals surface area contributed by atoms with Crippen LogP contribution in [0.5, 0.6) is 5.75 Å². The fourth-order valence-corrected chi connectivity index (χ4v) is 2.28. The van der Waals surface area contributed by atoms with Crippen molar-refractivity contribution in [2.45, 2.75) is 13.0 Å². The number of rotatable bonds is 4. The lowest BCUT2D eigenvalue weighted by atomic mass is 10.0. The summed E-state index contributed by atoms with van der Waals surface area (Å²) in [6, 6.07) is 12.3. The molecule has 3 N–H and O–H groups in total. The molecule has 1 heterocycles. The number of methoxy groups -OCH3 is 1. The molecular formula is C15H16N4O. The van der Waals surface area contributed by atoms with Crippen molar-refractivity contribution < 1.29 is 4.74 Å². The van der Waals surface area contributed by atoms with Crippen LogP contribution < -0.4 is 10.5 Å². The van der Waals surface area contributed by atoms with E-state index in [1.54, 1.807) is 7.11 Å². The Bertz CT molecular complexity index is 736. The van der Waals surface area contributed by atoms with E-state index < -0.39 is 0 Å². The number of benzene rings is 2. The number of nitrogens with zero attached hydrogens (tertiary/aromatic N) is 2. The normalized spacial score (nSPS) is 10.9. The Morgan fingerprint density at radius 1 is 1.25 bits per heavy atom. The maximum absolute atomic E-state index is 5.52. The van der Waals surface area contributed by atoms with Gasteiger partial charge < -0.3 is 10.5 Å². The number of nitrogens with one attached hydrogen (secondary N) is 1. The maximum Gasteiger partial charge on any atom is 0.164 e. The van der Waals surface area contributed by atoms with Crippen LogP contribution in [-0.4, -0.2) is 22.3 Å². The Hall–Kier alpha value is -2.40. The third-order valence-electron chi connectivity index (χ3n) is 3.30. The van der Waals surface area contributed by atoms with E-state index in [-0.39, 0.29) is 0 Å². The minimum atomic E-state index is 0.347. The average Bonchev–Trinajstić information content (AvgIpc) is 2.95. The van der Waals surface area contributed by atoms with E-state index in [2.05, 4.69) is 33.4 Å². The van der Waals surface area contributed by atoms with Gasteiger partial charge in [-0.2, -0.15) is 5.10 Å². The van der Waals surface area contributed by atoms with Crippen molar-refractivity contribution in [2.75, 3.05) is 7.11 Å². The third-order valence-corrected chi connectivity index (χ3v) is 3.30. The Balaban J connectivity index is 2.01. The van der Waals surface area contributed by atoms with Gasteiger partial charge in [-0.1, -0.05) is 24.3 Å². The third kappa shape index (κ3) is 2.35. The van der Waals surface area contributed by atoms with Crippen molar-refractivity contribution in [3.8, 4) is 5.75 Å². The zero-order chi connectivity index (χ0) is 13.9. The highest BCUT2D eigenvalue weighted by Gasteiger charge is 2.07. The van der Waals surface area contributed by atoms with Crippen LogP contribution in [0.15, 0.2) is 36.4 Å². The van der Waals surface area contributed by atoms with E-state index in [1.165, 1.54) is 10.9 Å². The summed E-state index contributed by atoms with van der Waals surface area (Å²) in [7, 11) is 1.67. The van der Waals surface area contributed by atoms with E-state index in [9.17, 15) is 0 Å². The van der Waals surface area contributed by atoms with Gasteiger partial charge in [0.2, 0.25) is 0 Å². The molecule has 0 amide bonds. The Labute approximate surface area is 116 Å². The fourth-order valence-electron chi connectivity index (χ4n) is 2.28. The summed E-state index contributed by atoms with van der Waals surface area (Å²) >= 11 is 0. The molecule has 0 unspecified atom stereocenters. The second-order valence-electron chi connectivity index (χ2n) is 4.58. The summed E-state index contributed by atoms with van der Waals surface area (Å²) in [6.07, 6.45) is 0.692. The van der Waals surface area contributed by atoms with Gasteiger partial charge in [-0.05, 0) is 28.5 Å². The molecule has 0 aliphatic heterocycles. The molecule has 5 nitrogen and oxygen atoms in total. The zero-order valence-electron chi connectivity index (χ0n) is 11.3. The van der Waals surface area contributed by atoms with Crippen LogP contribution in [-0.2, 0) is 13.0 Å². The summed E-state index contributed by atoms with van der Waals surface area (Å²) in [5.41, 5.74) is 6.71. The number of hydrogen-bond donors (Lipinski definition) is 2. The van der Waals surface area contributed by atoms with Gasteiger partial charge >= 0.3 is 0 Å². The largest absolute Gasteiger partial charge is 0.497 e. The number of aromatic nitrogens is 3. The number of aromatic amines is 1. The lowest BCUT2D eigenvalue weighted by Gasteiger charge is -2.07. The van der Waals surface area contributed by atoms with Crippen LogP contribution in [0.3, 0.4) is 0 Å². The molecule has 1 aromatic heterocycles. The SMILES string of the molecule is COc1ccc2cccc(Cc3nc(CN)n[nH]3)c2c1. The predicted molar refractivity (Wildman–Crippen MR) is 77.6 cm³/mol. The maximum atomic E-state index is 5.52. The highest BCUT2D eigenvalue weighted by Crippen LogP contribution is 2.25. The Kier molecular flexibility index (Phi) is 3.35. The van der Waals surface area contributed by atoms with E-state index in [4.69, 9.17) is 10.5 Å². The first-order chi connectivity index (χ1) is 9.80. The van der Waals surface area contributed by atoms with Gasteiger partial charge in [-0.3, -0.25) is 5.10 Å². The van der Waals surface area contributed by atoms with Gasteiger partial charge in [-0.25, -0.2) is 4.98 Å². The van der Waals surface area contributed by atoms with Crippen LogP contribution in [0.2, 0.25) is 0 Å². The van der Waals surface area contributed by atoms with Crippen LogP contribution in [0.25, 0.3) is 10.8 Å². The fraction of sp³-hybridized carbons (Fsp3) is 0.200. The van der Waals surface area contributed by atoms with Crippen molar-refractivity contribution in [1.29, 1.82) is 0 Å². The van der Waals surface area contributed by atoms with Gasteiger partial charge in [0.25, 0.3) is 0 Å². The number of nitrogens with two attached hydrogens (primary N) is 1. The standard InChI is InChI=1S/C15H16N4O/c1-20-12-6-5-10-3-2-4-11(13(10)8-12)7-14-17-15(9-16)19-18-14/h2-6,8H,7,9,16H2,1H3,(H,17,18,19). The molecule has 0 radical (unpaired) electrons. The summed E-state index contributed by atoms with van der Waals surface area (Å²) in [4.78, 5) is 4.35. The second-order valence-corrected chi connectivity index (χ2v) is 4.58. The van der Waals surface area contributed by atoms with Gasteiger partial charge in [0, 0.05) is 6.42 Å². The van der Waals surface area contributed by atoms with E-state index in [0.717, 1.165) is 17.0 Å². The molecule has 3 aromatic rings. The number of hydrogen-bond acceptors (Lipinski definition) is 4. The average molecular weight is 268 g/mol. The minimum absolute atomic E-state index is 0.347. The quantitative estimate of drug-likeness (QED) is 0.759. The molecule has 5 heteroatoms. The topological polar surface area (TPSA) is 76.8 Å². The van der Waals surface area contributed by atoms with Crippen molar-refractivity contribution >= 4 is 10.8 Å². The van der Waals surface area contributed by atoms with Crippen molar-refractivity contribution in [1.82, 2.24) is 15.2 Å². The number of ether oxygens (including phenoxy) is 1. The first-order valence-corrected chi connectivity index (χ1v) is 6.46. The Morgan fingerprint density at radius 2 is 2.15 bits per heavy atom. The molecule has 2 aromatic carbocycles. The van der Waals surface area contributed by atoms with Crippen molar-refractivity contribution in [2.24, 2.45) is 5.73 Å². The van der Waals surface area contributed by atoms with Crippen LogP contribution in [0.1, 0.15) is 17.2 Å². The molecule has 0 aliphatic rings. The lowest BCUT2D eigenvalue weighted by Crippen LogP contribution is -1.98. The minimum Gasteiger partial charge on any atom is -0.497 e. The first kappa shape index (κ1) is 12.6. The summed E-state index contributed by atoms with van der Waals surface area (Å²) in [5.74, 6) is 2.31. The summed E-state index contributed by atoms with van der Waals surface area (Å²) in [5, 5.41) is 9.33. The van der Waals surface area contributed by atoms with Gasteiger partial charge in [0.1, 0.15) is 11.6 Å². The molecule has 0 bridgehead atoms. The van der Waals surface area contributed by atoms with Gasteiger partial charge in [0.15, 0.2) is 5.82 Å². The molecule has 0 atom stereocenters. The molecule has 0 spiro atoms. The van der Waals surface area contributed by atoms with Crippen molar-refractivity contribution in [3.63, 3.8) is 0 Å². The van der Waals surface area contributed by atoms with Gasteiger partial charge in [-0.15, -0.1) is 0 Å². The van der Waals surface area contributed by atoms with Crippen LogP contribution in [0.4, 0.5) is 0 Å². The molecule has 0 saturated carbocycles. The molecule has 0 aliphatic carbocycles. The molecular weight excluding hydrogens is 252 g/mol. The second kappa shape index (κ2) is 5.30. The Morgan fingerprint density at radius 3 is 2.90 bits per heavy atom. The molecule has 0 fully saturated rings. The van der Waals surface area contributed by atoms with Crippen LogP contribution >= 0.6 is 0 Å². The zero-order valence-corrected chi connectivity index (χ0v) is 11.3. The van der Waals surface area contributed by atoms with Crippen molar-refractivity contribution in [3.05, 3.63) is 53.6 Å². The molecule has 0 saturated heterocycles. The highest BCUT2D eigenvalue weighted by atomic mass is 16.5. The molecule has 20 heavy (non-hydrogen) atoms. The molecule has 3 rings (SSSR count). The van der Waals surface area contributed by atoms with Gasteiger partial charge in [0.05, 0.1) is 13.7 Å². The summed E-state index contributed by atoms with van der Waals surface area (Å²) in [6.45, 7) is 0.347. The van der Waals surface area contributed by atoms with E-state index in [1.807, 2.05) is 18.2 Å². The number of fused-ring (bicyclic) bond motifs is 1. The molecule has 102 valence electrons. The van der Waals surface area contributed by atoms with E-state index in [0.29, 0.717) is 18.8 Å². The monoisotopic (exact) mass is 268 g/mol. The van der Waals surface area contributed by atoms with E-state index >= 15 is 0 Å². The predicted octanol–water partition coefficient (Wildman–Crippen LogP) is 2.02.